The first-order chi connectivity index (χ1) is 7.29. The maximum Gasteiger partial charge on any atom is 0.306 e. The lowest BCUT2D eigenvalue weighted by Crippen LogP contribution is -2.34. The summed E-state index contributed by atoms with van der Waals surface area (Å²) in [4.78, 5) is 11.7. The molecule has 0 unspecified atom stereocenters. The summed E-state index contributed by atoms with van der Waals surface area (Å²) in [5, 5.41) is 9.88. The Morgan fingerprint density at radius 1 is 1.38 bits per heavy atom. The molecule has 0 radical (unpaired) electrons. The van der Waals surface area contributed by atoms with Gasteiger partial charge in [-0.2, -0.15) is 0 Å². The highest BCUT2D eigenvalue weighted by atomic mass is 16.6. The second-order valence-electron chi connectivity index (χ2n) is 5.93. The van der Waals surface area contributed by atoms with E-state index in [2.05, 4.69) is 6.92 Å². The van der Waals surface area contributed by atoms with Gasteiger partial charge in [0.05, 0.1) is 12.5 Å². The predicted octanol–water partition coefficient (Wildman–Crippen LogP) is 2.52. The minimum absolute atomic E-state index is 0.0728. The number of aliphatic hydroxyl groups excluding tert-OH is 1. The lowest BCUT2D eigenvalue weighted by molar-refractivity contribution is -0.158. The Labute approximate surface area is 98.2 Å². The molecule has 0 amide bonds. The van der Waals surface area contributed by atoms with E-state index in [0.717, 1.165) is 19.3 Å². The molecule has 0 bridgehead atoms. The van der Waals surface area contributed by atoms with Crippen molar-refractivity contribution < 1.29 is 14.6 Å². The third-order valence-electron chi connectivity index (χ3n) is 3.21. The zero-order valence-corrected chi connectivity index (χ0v) is 10.8. The highest BCUT2D eigenvalue weighted by Gasteiger charge is 2.32. The van der Waals surface area contributed by atoms with Gasteiger partial charge in [0.2, 0.25) is 0 Å². The van der Waals surface area contributed by atoms with Crippen molar-refractivity contribution in [1.82, 2.24) is 0 Å². The molecule has 1 aliphatic rings. The molecule has 0 heterocycles. The van der Waals surface area contributed by atoms with Crippen molar-refractivity contribution in [3.8, 4) is 0 Å². The highest BCUT2D eigenvalue weighted by molar-refractivity contribution is 5.70. The van der Waals surface area contributed by atoms with E-state index in [9.17, 15) is 9.90 Å². The Balaban J connectivity index is 2.48. The average Bonchev–Trinajstić information content (AvgIpc) is 2.08. The SMILES string of the molecule is C[C@H]1CCC[C@@H](O)[C@H]1CC(=O)OC(C)(C)C. The third kappa shape index (κ3) is 4.12. The fourth-order valence-corrected chi connectivity index (χ4v) is 2.37. The van der Waals surface area contributed by atoms with Crippen LogP contribution in [0.3, 0.4) is 0 Å². The van der Waals surface area contributed by atoms with Crippen LogP contribution in [0.25, 0.3) is 0 Å². The van der Waals surface area contributed by atoms with Crippen LogP contribution >= 0.6 is 0 Å². The predicted molar refractivity (Wildman–Crippen MR) is 63.0 cm³/mol. The van der Waals surface area contributed by atoms with Gasteiger partial charge in [-0.15, -0.1) is 0 Å². The van der Waals surface area contributed by atoms with E-state index >= 15 is 0 Å². The summed E-state index contributed by atoms with van der Waals surface area (Å²) in [6, 6.07) is 0. The summed E-state index contributed by atoms with van der Waals surface area (Å²) >= 11 is 0. The van der Waals surface area contributed by atoms with Gasteiger partial charge in [-0.25, -0.2) is 0 Å². The Bertz CT molecular complexity index is 232. The van der Waals surface area contributed by atoms with Gasteiger partial charge in [0.1, 0.15) is 5.60 Å². The molecule has 1 fully saturated rings. The zero-order chi connectivity index (χ0) is 12.3. The molecule has 0 aromatic heterocycles. The van der Waals surface area contributed by atoms with E-state index in [4.69, 9.17) is 4.74 Å². The molecule has 0 aliphatic heterocycles. The molecular weight excluding hydrogens is 204 g/mol. The number of ether oxygens (including phenoxy) is 1. The Kier molecular flexibility index (Phi) is 4.36. The lowest BCUT2D eigenvalue weighted by atomic mass is 9.76. The number of esters is 1. The number of carbonyl (C=O) groups excluding carboxylic acids is 1. The second-order valence-corrected chi connectivity index (χ2v) is 5.93. The van der Waals surface area contributed by atoms with Crippen LogP contribution in [0.5, 0.6) is 0 Å². The molecule has 3 nitrogen and oxygen atoms in total. The average molecular weight is 228 g/mol. The molecule has 1 rings (SSSR count). The van der Waals surface area contributed by atoms with E-state index in [0.29, 0.717) is 12.3 Å². The number of hydrogen-bond donors (Lipinski definition) is 1. The standard InChI is InChI=1S/C13H24O3/c1-9-6-5-7-11(14)10(9)8-12(15)16-13(2,3)4/h9-11,14H,5-8H2,1-4H3/t9-,10-,11+/m0/s1. The van der Waals surface area contributed by atoms with Crippen molar-refractivity contribution in [1.29, 1.82) is 0 Å². The summed E-state index contributed by atoms with van der Waals surface area (Å²) in [6.07, 6.45) is 2.99. The quantitative estimate of drug-likeness (QED) is 0.739. The number of rotatable bonds is 2. The summed E-state index contributed by atoms with van der Waals surface area (Å²) in [7, 11) is 0. The van der Waals surface area contributed by atoms with Crippen molar-refractivity contribution in [3.05, 3.63) is 0 Å². The van der Waals surface area contributed by atoms with Crippen LogP contribution < -0.4 is 0 Å². The van der Waals surface area contributed by atoms with Crippen LogP contribution in [0.1, 0.15) is 53.4 Å². The van der Waals surface area contributed by atoms with E-state index in [1.807, 2.05) is 20.8 Å². The summed E-state index contributed by atoms with van der Waals surface area (Å²) in [6.45, 7) is 7.71. The topological polar surface area (TPSA) is 46.5 Å². The van der Waals surface area contributed by atoms with Crippen LogP contribution in [0.4, 0.5) is 0 Å². The fourth-order valence-electron chi connectivity index (χ4n) is 2.37. The summed E-state index contributed by atoms with van der Waals surface area (Å²) in [5.74, 6) is 0.296. The van der Waals surface area contributed by atoms with Crippen molar-refractivity contribution in [2.24, 2.45) is 11.8 Å². The summed E-state index contributed by atoms with van der Waals surface area (Å²) in [5.41, 5.74) is -0.431. The van der Waals surface area contributed by atoms with Crippen molar-refractivity contribution >= 4 is 5.97 Å². The molecule has 94 valence electrons. The van der Waals surface area contributed by atoms with Gasteiger partial charge in [0.15, 0.2) is 0 Å². The molecule has 0 spiro atoms. The second kappa shape index (κ2) is 5.17. The van der Waals surface area contributed by atoms with Crippen LogP contribution in [0, 0.1) is 11.8 Å². The van der Waals surface area contributed by atoms with Gasteiger partial charge in [-0.05, 0) is 39.0 Å². The van der Waals surface area contributed by atoms with Crippen LogP contribution in [0.2, 0.25) is 0 Å². The Morgan fingerprint density at radius 3 is 2.50 bits per heavy atom. The number of carbonyl (C=O) groups is 1. The lowest BCUT2D eigenvalue weighted by Gasteiger charge is -2.33. The first-order valence-electron chi connectivity index (χ1n) is 6.19. The van der Waals surface area contributed by atoms with Crippen LogP contribution in [0.15, 0.2) is 0 Å². The molecule has 3 heteroatoms. The molecule has 0 aromatic rings. The Hall–Kier alpha value is -0.570. The fraction of sp³-hybridized carbons (Fsp3) is 0.923. The molecular formula is C13H24O3. The third-order valence-corrected chi connectivity index (χ3v) is 3.21. The van der Waals surface area contributed by atoms with E-state index in [1.54, 1.807) is 0 Å². The maximum absolute atomic E-state index is 11.7. The van der Waals surface area contributed by atoms with Crippen LogP contribution in [-0.2, 0) is 9.53 Å². The summed E-state index contributed by atoms with van der Waals surface area (Å²) < 4.78 is 5.29. The maximum atomic E-state index is 11.7. The van der Waals surface area contributed by atoms with Gasteiger partial charge in [0, 0.05) is 0 Å². The molecule has 16 heavy (non-hydrogen) atoms. The minimum Gasteiger partial charge on any atom is -0.460 e. The van der Waals surface area contributed by atoms with Crippen molar-refractivity contribution in [3.63, 3.8) is 0 Å². The molecule has 1 saturated carbocycles. The Morgan fingerprint density at radius 2 is 2.00 bits per heavy atom. The number of hydrogen-bond acceptors (Lipinski definition) is 3. The van der Waals surface area contributed by atoms with Crippen molar-refractivity contribution in [2.45, 2.75) is 65.1 Å². The molecule has 0 aromatic carbocycles. The van der Waals surface area contributed by atoms with Gasteiger partial charge < -0.3 is 9.84 Å². The zero-order valence-electron chi connectivity index (χ0n) is 10.8. The van der Waals surface area contributed by atoms with Crippen LogP contribution in [-0.4, -0.2) is 22.8 Å². The largest absolute Gasteiger partial charge is 0.460 e. The smallest absolute Gasteiger partial charge is 0.306 e. The van der Waals surface area contributed by atoms with E-state index < -0.39 is 5.60 Å². The van der Waals surface area contributed by atoms with Gasteiger partial charge in [-0.3, -0.25) is 4.79 Å². The first-order valence-corrected chi connectivity index (χ1v) is 6.19. The molecule has 1 N–H and O–H groups in total. The number of aliphatic hydroxyl groups is 1. The van der Waals surface area contributed by atoms with E-state index in [1.165, 1.54) is 0 Å². The van der Waals surface area contributed by atoms with Gasteiger partial charge in [-0.1, -0.05) is 19.8 Å². The molecule has 3 atom stereocenters. The highest BCUT2D eigenvalue weighted by Crippen LogP contribution is 2.32. The first kappa shape index (κ1) is 13.5. The van der Waals surface area contributed by atoms with Gasteiger partial charge in [0.25, 0.3) is 0 Å². The van der Waals surface area contributed by atoms with E-state index in [-0.39, 0.29) is 18.0 Å². The monoisotopic (exact) mass is 228 g/mol. The van der Waals surface area contributed by atoms with Gasteiger partial charge >= 0.3 is 5.97 Å². The normalized spacial score (nSPS) is 31.2. The van der Waals surface area contributed by atoms with Crippen molar-refractivity contribution in [2.75, 3.05) is 0 Å². The minimum atomic E-state index is -0.431. The molecule has 1 aliphatic carbocycles. The molecule has 0 saturated heterocycles.